The van der Waals surface area contributed by atoms with Gasteiger partial charge in [0.15, 0.2) is 5.78 Å². The number of Topliss-reactive ketones (excluding diaryl/α,β-unsaturated/α-hetero) is 1. The smallest absolute Gasteiger partial charge is 0.160 e. The first kappa shape index (κ1) is 8.67. The van der Waals surface area contributed by atoms with E-state index in [2.05, 4.69) is 4.98 Å². The normalized spacial score (nSPS) is 9.83. The van der Waals surface area contributed by atoms with Crippen LogP contribution in [-0.2, 0) is 6.54 Å². The predicted octanol–water partition coefficient (Wildman–Crippen LogP) is 0.325. The molecule has 0 aliphatic carbocycles. The number of ketones is 1. The second-order valence-corrected chi connectivity index (χ2v) is 2.53. The molecule has 0 unspecified atom stereocenters. The summed E-state index contributed by atoms with van der Waals surface area (Å²) in [4.78, 5) is 14.9. The minimum absolute atomic E-state index is 0.0289. The van der Waals surface area contributed by atoms with Gasteiger partial charge in [0, 0.05) is 12.1 Å². The summed E-state index contributed by atoms with van der Waals surface area (Å²) in [6.45, 7) is 1.78. The molecule has 0 saturated carbocycles. The molecule has 1 aromatic heterocycles. The molecule has 1 aromatic rings. The summed E-state index contributed by atoms with van der Waals surface area (Å²) in [5, 5.41) is 0. The highest BCUT2D eigenvalue weighted by molar-refractivity contribution is 5.94. The Balaban J connectivity index is 3.15. The molecule has 0 aliphatic rings. The van der Waals surface area contributed by atoms with Crippen LogP contribution in [0.1, 0.15) is 23.0 Å². The van der Waals surface area contributed by atoms with Crippen molar-refractivity contribution in [2.24, 2.45) is 5.73 Å². The van der Waals surface area contributed by atoms with Gasteiger partial charge in [-0.15, -0.1) is 0 Å². The van der Waals surface area contributed by atoms with Crippen LogP contribution in [0.15, 0.2) is 12.1 Å². The van der Waals surface area contributed by atoms with Gasteiger partial charge in [-0.1, -0.05) is 0 Å². The number of nitrogen functional groups attached to an aromatic ring is 1. The van der Waals surface area contributed by atoms with Gasteiger partial charge in [0.25, 0.3) is 0 Å². The molecule has 0 radical (unpaired) electrons. The predicted molar refractivity (Wildman–Crippen MR) is 46.5 cm³/mol. The molecular formula is C8H11N3O. The number of carbonyl (C=O) groups is 1. The standard InChI is InChI=1S/C8H11N3O/c1-5(12)6-2-7(4-9)11-8(10)3-6/h2-3H,4,9H2,1H3,(H2,10,11). The number of pyridine rings is 1. The third kappa shape index (κ3) is 1.79. The van der Waals surface area contributed by atoms with Crippen molar-refractivity contribution in [3.05, 3.63) is 23.4 Å². The number of hydrogen-bond acceptors (Lipinski definition) is 4. The van der Waals surface area contributed by atoms with Crippen molar-refractivity contribution in [2.75, 3.05) is 5.73 Å². The first-order chi connectivity index (χ1) is 5.63. The second kappa shape index (κ2) is 3.32. The Morgan fingerprint density at radius 3 is 2.75 bits per heavy atom. The van der Waals surface area contributed by atoms with Crippen LogP contribution in [0.5, 0.6) is 0 Å². The minimum Gasteiger partial charge on any atom is -0.384 e. The van der Waals surface area contributed by atoms with Gasteiger partial charge in [-0.05, 0) is 19.1 Å². The zero-order valence-electron chi connectivity index (χ0n) is 6.87. The topological polar surface area (TPSA) is 82.0 Å². The highest BCUT2D eigenvalue weighted by Gasteiger charge is 2.02. The Labute approximate surface area is 70.6 Å². The summed E-state index contributed by atoms with van der Waals surface area (Å²) in [5.74, 6) is 0.307. The van der Waals surface area contributed by atoms with Crippen molar-refractivity contribution in [3.8, 4) is 0 Å². The quantitative estimate of drug-likeness (QED) is 0.618. The number of carbonyl (C=O) groups excluding carboxylic acids is 1. The van der Waals surface area contributed by atoms with Crippen LogP contribution in [0.3, 0.4) is 0 Å². The minimum atomic E-state index is -0.0289. The van der Waals surface area contributed by atoms with E-state index in [-0.39, 0.29) is 5.78 Å². The highest BCUT2D eigenvalue weighted by atomic mass is 16.1. The molecule has 4 nitrogen and oxygen atoms in total. The lowest BCUT2D eigenvalue weighted by Gasteiger charge is -2.01. The van der Waals surface area contributed by atoms with E-state index in [9.17, 15) is 4.79 Å². The number of aromatic nitrogens is 1. The summed E-state index contributed by atoms with van der Waals surface area (Å²) in [6, 6.07) is 3.19. The first-order valence-electron chi connectivity index (χ1n) is 3.61. The highest BCUT2D eigenvalue weighted by Crippen LogP contribution is 2.07. The average molecular weight is 165 g/mol. The van der Waals surface area contributed by atoms with Crippen LogP contribution in [-0.4, -0.2) is 10.8 Å². The van der Waals surface area contributed by atoms with Crippen molar-refractivity contribution in [1.82, 2.24) is 4.98 Å². The van der Waals surface area contributed by atoms with E-state index in [1.54, 1.807) is 12.1 Å². The van der Waals surface area contributed by atoms with E-state index in [1.807, 2.05) is 0 Å². The Morgan fingerprint density at radius 1 is 1.58 bits per heavy atom. The number of rotatable bonds is 2. The van der Waals surface area contributed by atoms with E-state index < -0.39 is 0 Å². The molecule has 1 rings (SSSR count). The number of anilines is 1. The monoisotopic (exact) mass is 165 g/mol. The van der Waals surface area contributed by atoms with Gasteiger partial charge < -0.3 is 11.5 Å². The van der Waals surface area contributed by atoms with E-state index in [4.69, 9.17) is 11.5 Å². The van der Waals surface area contributed by atoms with Gasteiger partial charge in [0.05, 0.1) is 5.69 Å². The van der Waals surface area contributed by atoms with Gasteiger partial charge in [0.2, 0.25) is 0 Å². The van der Waals surface area contributed by atoms with Gasteiger partial charge in [-0.3, -0.25) is 4.79 Å². The van der Waals surface area contributed by atoms with Crippen LogP contribution >= 0.6 is 0 Å². The van der Waals surface area contributed by atoms with E-state index >= 15 is 0 Å². The lowest BCUT2D eigenvalue weighted by atomic mass is 10.1. The number of nitrogens with zero attached hydrogens (tertiary/aromatic N) is 1. The molecule has 0 amide bonds. The van der Waals surface area contributed by atoms with E-state index in [0.717, 1.165) is 0 Å². The molecule has 0 saturated heterocycles. The molecule has 0 spiro atoms. The fourth-order valence-corrected chi connectivity index (χ4v) is 0.919. The van der Waals surface area contributed by atoms with Crippen molar-refractivity contribution < 1.29 is 4.79 Å². The van der Waals surface area contributed by atoms with Crippen LogP contribution in [0, 0.1) is 0 Å². The van der Waals surface area contributed by atoms with E-state index in [0.29, 0.717) is 23.6 Å². The molecule has 0 aromatic carbocycles. The molecule has 4 N–H and O–H groups in total. The zero-order chi connectivity index (χ0) is 9.14. The molecular weight excluding hydrogens is 154 g/mol. The Bertz CT molecular complexity index is 309. The summed E-state index contributed by atoms with van der Waals surface area (Å²) in [6.07, 6.45) is 0. The Morgan fingerprint density at radius 2 is 2.25 bits per heavy atom. The van der Waals surface area contributed by atoms with Crippen molar-refractivity contribution in [3.63, 3.8) is 0 Å². The molecule has 0 bridgehead atoms. The first-order valence-corrected chi connectivity index (χ1v) is 3.61. The third-order valence-electron chi connectivity index (χ3n) is 1.51. The van der Waals surface area contributed by atoms with Crippen LogP contribution in [0.2, 0.25) is 0 Å². The Kier molecular flexibility index (Phi) is 2.40. The van der Waals surface area contributed by atoms with Crippen molar-refractivity contribution in [1.29, 1.82) is 0 Å². The largest absolute Gasteiger partial charge is 0.384 e. The summed E-state index contributed by atoms with van der Waals surface area (Å²) in [5.41, 5.74) is 12.0. The fourth-order valence-electron chi connectivity index (χ4n) is 0.919. The summed E-state index contributed by atoms with van der Waals surface area (Å²) >= 11 is 0. The number of nitrogens with two attached hydrogens (primary N) is 2. The Hall–Kier alpha value is -1.42. The van der Waals surface area contributed by atoms with Gasteiger partial charge >= 0.3 is 0 Å². The second-order valence-electron chi connectivity index (χ2n) is 2.53. The third-order valence-corrected chi connectivity index (χ3v) is 1.51. The maximum Gasteiger partial charge on any atom is 0.160 e. The SMILES string of the molecule is CC(=O)c1cc(N)nc(CN)c1. The molecule has 0 aliphatic heterocycles. The van der Waals surface area contributed by atoms with Crippen LogP contribution < -0.4 is 11.5 Å². The molecule has 12 heavy (non-hydrogen) atoms. The van der Waals surface area contributed by atoms with Gasteiger partial charge in [-0.25, -0.2) is 4.98 Å². The van der Waals surface area contributed by atoms with Gasteiger partial charge in [0.1, 0.15) is 5.82 Å². The van der Waals surface area contributed by atoms with Crippen LogP contribution in [0.25, 0.3) is 0 Å². The maximum atomic E-state index is 10.9. The molecule has 1 heterocycles. The lowest BCUT2D eigenvalue weighted by molar-refractivity contribution is 0.101. The maximum absolute atomic E-state index is 10.9. The zero-order valence-corrected chi connectivity index (χ0v) is 6.87. The number of hydrogen-bond donors (Lipinski definition) is 2. The van der Waals surface area contributed by atoms with Gasteiger partial charge in [-0.2, -0.15) is 0 Å². The van der Waals surface area contributed by atoms with Crippen molar-refractivity contribution in [2.45, 2.75) is 13.5 Å². The molecule has 0 fully saturated rings. The lowest BCUT2D eigenvalue weighted by Crippen LogP contribution is -2.05. The van der Waals surface area contributed by atoms with Crippen molar-refractivity contribution >= 4 is 11.6 Å². The van der Waals surface area contributed by atoms with Crippen LogP contribution in [0.4, 0.5) is 5.82 Å². The fraction of sp³-hybridized carbons (Fsp3) is 0.250. The summed E-state index contributed by atoms with van der Waals surface area (Å²) in [7, 11) is 0. The molecule has 64 valence electrons. The summed E-state index contributed by atoms with van der Waals surface area (Å²) < 4.78 is 0. The molecule has 0 atom stereocenters. The van der Waals surface area contributed by atoms with E-state index in [1.165, 1.54) is 6.92 Å². The molecule has 4 heteroatoms. The average Bonchev–Trinajstić information content (AvgIpc) is 2.03.